The number of benzene rings is 3. The maximum absolute atomic E-state index is 14.0. The van der Waals surface area contributed by atoms with Gasteiger partial charge in [0.15, 0.2) is 0 Å². The summed E-state index contributed by atoms with van der Waals surface area (Å²) in [5, 5.41) is 2.92. The molecule has 0 aliphatic carbocycles. The lowest BCUT2D eigenvalue weighted by Gasteiger charge is -2.30. The fourth-order valence-corrected chi connectivity index (χ4v) is 4.53. The third-order valence-electron chi connectivity index (χ3n) is 5.96. The Balaban J connectivity index is 1.84. The fourth-order valence-electron chi connectivity index (χ4n) is 4.53. The lowest BCUT2D eigenvalue weighted by atomic mass is 9.93. The van der Waals surface area contributed by atoms with E-state index < -0.39 is 36.7 Å². The minimum absolute atomic E-state index is 0.101. The molecular weight excluding hydrogens is 434 g/mol. The number of hydrogen-bond acceptors (Lipinski definition) is 2. The van der Waals surface area contributed by atoms with Crippen molar-refractivity contribution >= 4 is 11.8 Å². The fraction of sp³-hybridized carbons (Fsp3) is 0.286. The second-order valence-electron chi connectivity index (χ2n) is 9.54. The van der Waals surface area contributed by atoms with E-state index in [-0.39, 0.29) is 28.8 Å². The van der Waals surface area contributed by atoms with Gasteiger partial charge in [0.2, 0.25) is 5.91 Å². The number of fused-ring (bicyclic) bond motifs is 1. The number of halogens is 2. The van der Waals surface area contributed by atoms with Gasteiger partial charge in [-0.05, 0) is 48.6 Å². The van der Waals surface area contributed by atoms with Crippen molar-refractivity contribution in [3.63, 3.8) is 0 Å². The van der Waals surface area contributed by atoms with Gasteiger partial charge in [0.25, 0.3) is 5.91 Å². The smallest absolute Gasteiger partial charge is 0.255 e. The van der Waals surface area contributed by atoms with Gasteiger partial charge in [-0.25, -0.2) is 8.78 Å². The summed E-state index contributed by atoms with van der Waals surface area (Å²) in [6.07, 6.45) is 0. The third kappa shape index (κ3) is 4.45. The highest BCUT2D eigenvalue weighted by molar-refractivity contribution is 6.06. The average molecular weight is 463 g/mol. The highest BCUT2D eigenvalue weighted by atomic mass is 19.1. The molecule has 0 aromatic heterocycles. The van der Waals surface area contributed by atoms with Gasteiger partial charge in [0.1, 0.15) is 19.4 Å². The van der Waals surface area contributed by atoms with E-state index in [1.165, 1.54) is 17.0 Å². The second-order valence-corrected chi connectivity index (χ2v) is 9.54. The molecule has 0 saturated carbocycles. The number of alkyl halides is 2. The van der Waals surface area contributed by atoms with Crippen molar-refractivity contribution in [1.82, 2.24) is 10.2 Å². The molecule has 0 bridgehead atoms. The highest BCUT2D eigenvalue weighted by Crippen LogP contribution is 2.41. The van der Waals surface area contributed by atoms with Gasteiger partial charge in [0, 0.05) is 17.6 Å². The van der Waals surface area contributed by atoms with Crippen molar-refractivity contribution in [3.05, 3.63) is 94.5 Å². The Labute approximate surface area is 198 Å². The summed E-state index contributed by atoms with van der Waals surface area (Å²) in [6.45, 7) is 3.92. The molecule has 4 nitrogen and oxygen atoms in total. The number of nitrogens with one attached hydrogen (secondary N) is 1. The largest absolute Gasteiger partial charge is 0.349 e. The van der Waals surface area contributed by atoms with Crippen LogP contribution < -0.4 is 5.32 Å². The molecule has 4 rings (SSSR count). The van der Waals surface area contributed by atoms with E-state index in [2.05, 4.69) is 5.32 Å². The van der Waals surface area contributed by atoms with Crippen LogP contribution in [0.1, 0.15) is 59.4 Å². The molecule has 0 fully saturated rings. The molecule has 1 aliphatic rings. The first kappa shape index (κ1) is 23.6. The van der Waals surface area contributed by atoms with E-state index in [1.807, 2.05) is 75.4 Å². The van der Waals surface area contributed by atoms with Crippen molar-refractivity contribution in [3.8, 4) is 11.1 Å². The maximum Gasteiger partial charge on any atom is 0.255 e. The van der Waals surface area contributed by atoms with Crippen LogP contribution in [-0.4, -0.2) is 22.3 Å². The number of carbonyl (C=O) groups excluding carboxylic acids is 2. The normalized spacial score (nSPS) is 15.4. The van der Waals surface area contributed by atoms with Crippen molar-refractivity contribution in [2.45, 2.75) is 52.2 Å². The SMILES string of the molecule is CC(C)(C)NC(=O)C1c2c(CF)ccc(CF)c2C(=O)N1Cc1ccccc1-c1ccccc1. The molecule has 0 spiro atoms. The van der Waals surface area contributed by atoms with Gasteiger partial charge in [-0.2, -0.15) is 0 Å². The molecule has 6 heteroatoms. The minimum atomic E-state index is -1.05. The molecule has 0 radical (unpaired) electrons. The number of rotatable bonds is 6. The maximum atomic E-state index is 14.0. The topological polar surface area (TPSA) is 49.4 Å². The van der Waals surface area contributed by atoms with Crippen LogP contribution >= 0.6 is 0 Å². The van der Waals surface area contributed by atoms with Crippen molar-refractivity contribution in [1.29, 1.82) is 0 Å². The summed E-state index contributed by atoms with van der Waals surface area (Å²) in [6, 6.07) is 19.3. The summed E-state index contributed by atoms with van der Waals surface area (Å²) in [5.74, 6) is -0.877. The van der Waals surface area contributed by atoms with Gasteiger partial charge >= 0.3 is 0 Å². The average Bonchev–Trinajstić information content (AvgIpc) is 3.11. The van der Waals surface area contributed by atoms with E-state index in [0.717, 1.165) is 16.7 Å². The highest BCUT2D eigenvalue weighted by Gasteiger charge is 2.44. The van der Waals surface area contributed by atoms with E-state index in [0.29, 0.717) is 0 Å². The molecule has 2 amide bonds. The predicted octanol–water partition coefficient (Wildman–Crippen LogP) is 5.90. The van der Waals surface area contributed by atoms with Gasteiger partial charge in [-0.3, -0.25) is 9.59 Å². The van der Waals surface area contributed by atoms with Crippen molar-refractivity contribution in [2.24, 2.45) is 0 Å². The van der Waals surface area contributed by atoms with Gasteiger partial charge in [0.05, 0.1) is 5.56 Å². The van der Waals surface area contributed by atoms with Gasteiger partial charge in [-0.15, -0.1) is 0 Å². The van der Waals surface area contributed by atoms with Crippen LogP contribution in [0, 0.1) is 0 Å². The first-order valence-corrected chi connectivity index (χ1v) is 11.3. The summed E-state index contributed by atoms with van der Waals surface area (Å²) in [5.41, 5.74) is 2.95. The molecule has 176 valence electrons. The molecule has 0 saturated heterocycles. The third-order valence-corrected chi connectivity index (χ3v) is 5.96. The summed E-state index contributed by atoms with van der Waals surface area (Å²) in [4.78, 5) is 28.5. The number of nitrogens with zero attached hydrogens (tertiary/aromatic N) is 1. The molecule has 1 heterocycles. The lowest BCUT2D eigenvalue weighted by molar-refractivity contribution is -0.127. The van der Waals surface area contributed by atoms with Gasteiger partial charge in [-0.1, -0.05) is 66.7 Å². The second kappa shape index (κ2) is 9.37. The Hall–Kier alpha value is -3.54. The van der Waals surface area contributed by atoms with Crippen LogP contribution in [-0.2, 0) is 24.7 Å². The van der Waals surface area contributed by atoms with Crippen molar-refractivity contribution < 1.29 is 18.4 Å². The summed E-state index contributed by atoms with van der Waals surface area (Å²) >= 11 is 0. The van der Waals surface area contributed by atoms with Crippen molar-refractivity contribution in [2.75, 3.05) is 0 Å². The Morgan fingerprint density at radius 1 is 0.882 bits per heavy atom. The number of hydrogen-bond donors (Lipinski definition) is 1. The van der Waals surface area contributed by atoms with Crippen LogP contribution in [0.25, 0.3) is 11.1 Å². The Bertz CT molecular complexity index is 1220. The molecule has 3 aromatic rings. The monoisotopic (exact) mass is 462 g/mol. The summed E-state index contributed by atoms with van der Waals surface area (Å²) in [7, 11) is 0. The molecule has 1 unspecified atom stereocenters. The molecule has 1 aliphatic heterocycles. The molecule has 34 heavy (non-hydrogen) atoms. The Morgan fingerprint density at radius 2 is 1.50 bits per heavy atom. The molecule has 1 atom stereocenters. The molecule has 3 aromatic carbocycles. The number of carbonyl (C=O) groups is 2. The van der Waals surface area contributed by atoms with E-state index in [1.54, 1.807) is 0 Å². The molecular formula is C28H28F2N2O2. The zero-order chi connectivity index (χ0) is 24.5. The first-order valence-electron chi connectivity index (χ1n) is 11.3. The van der Waals surface area contributed by atoms with Crippen LogP contribution in [0.15, 0.2) is 66.7 Å². The zero-order valence-electron chi connectivity index (χ0n) is 19.6. The predicted molar refractivity (Wildman–Crippen MR) is 128 cm³/mol. The van der Waals surface area contributed by atoms with Crippen LogP contribution in [0.2, 0.25) is 0 Å². The number of amides is 2. The zero-order valence-corrected chi connectivity index (χ0v) is 19.6. The first-order chi connectivity index (χ1) is 16.2. The van der Waals surface area contributed by atoms with E-state index >= 15 is 0 Å². The van der Waals surface area contributed by atoms with Crippen LogP contribution in [0.5, 0.6) is 0 Å². The quantitative estimate of drug-likeness (QED) is 0.496. The van der Waals surface area contributed by atoms with Crippen LogP contribution in [0.4, 0.5) is 8.78 Å². The standard InChI is InChI=1S/C28H28F2N2O2/c1-28(2,3)31-26(33)25-23-19(15-29)13-14-20(16-30)24(23)27(34)32(25)17-21-11-7-8-12-22(21)18-9-5-4-6-10-18/h4-14,25H,15-17H2,1-3H3,(H,31,33). The van der Waals surface area contributed by atoms with Gasteiger partial charge < -0.3 is 10.2 Å². The summed E-state index contributed by atoms with van der Waals surface area (Å²) < 4.78 is 27.9. The van der Waals surface area contributed by atoms with Crippen LogP contribution in [0.3, 0.4) is 0 Å². The molecule has 1 N–H and O–H groups in total. The van der Waals surface area contributed by atoms with E-state index in [9.17, 15) is 18.4 Å². The lowest BCUT2D eigenvalue weighted by Crippen LogP contribution is -2.46. The Kier molecular flexibility index (Phi) is 6.51. The van der Waals surface area contributed by atoms with E-state index in [4.69, 9.17) is 0 Å². The minimum Gasteiger partial charge on any atom is -0.349 e. The Morgan fingerprint density at radius 3 is 2.15 bits per heavy atom.